The molecule has 0 saturated carbocycles. The van der Waals surface area contributed by atoms with Gasteiger partial charge in [-0.1, -0.05) is 0 Å². The molecule has 1 N–H and O–H groups in total. The number of carbonyl (C=O) groups excluding carboxylic acids is 2. The van der Waals surface area contributed by atoms with Gasteiger partial charge in [0.15, 0.2) is 0 Å². The van der Waals surface area contributed by atoms with Crippen molar-refractivity contribution in [3.8, 4) is 0 Å². The van der Waals surface area contributed by atoms with Crippen molar-refractivity contribution in [1.82, 2.24) is 25.1 Å². The minimum atomic E-state index is -0.106. The summed E-state index contributed by atoms with van der Waals surface area (Å²) in [6.07, 6.45) is 6.79. The van der Waals surface area contributed by atoms with E-state index >= 15 is 0 Å². The van der Waals surface area contributed by atoms with Crippen molar-refractivity contribution in [2.45, 2.75) is 18.9 Å². The maximum atomic E-state index is 12.3. The van der Waals surface area contributed by atoms with Gasteiger partial charge in [-0.25, -0.2) is 4.98 Å². The van der Waals surface area contributed by atoms with Crippen LogP contribution in [0.2, 0.25) is 0 Å². The lowest BCUT2D eigenvalue weighted by Gasteiger charge is -2.34. The summed E-state index contributed by atoms with van der Waals surface area (Å²) in [5, 5.41) is 2.93. The van der Waals surface area contributed by atoms with Crippen LogP contribution >= 0.6 is 0 Å². The topological polar surface area (TPSA) is 87.7 Å². The summed E-state index contributed by atoms with van der Waals surface area (Å²) in [4.78, 5) is 36.1. The number of aromatic nitrogens is 2. The van der Waals surface area contributed by atoms with Crippen molar-refractivity contribution < 1.29 is 14.3 Å². The van der Waals surface area contributed by atoms with E-state index < -0.39 is 0 Å². The molecule has 130 valence electrons. The molecule has 0 spiro atoms. The zero-order valence-electron chi connectivity index (χ0n) is 13.7. The molecule has 1 atom stereocenters. The number of nitrogens with zero attached hydrogens (tertiary/aromatic N) is 4. The zero-order valence-corrected chi connectivity index (χ0v) is 13.7. The number of rotatable bonds is 5. The van der Waals surface area contributed by atoms with Crippen LogP contribution in [-0.4, -0.2) is 83.6 Å². The highest BCUT2D eigenvalue weighted by Gasteiger charge is 2.24. The second-order valence-electron chi connectivity index (χ2n) is 6.10. The average Bonchev–Trinajstić information content (AvgIpc) is 3.14. The molecule has 0 unspecified atom stereocenters. The Morgan fingerprint density at radius 1 is 1.25 bits per heavy atom. The van der Waals surface area contributed by atoms with E-state index in [1.54, 1.807) is 11.1 Å². The van der Waals surface area contributed by atoms with Gasteiger partial charge in [0.1, 0.15) is 5.69 Å². The molecular weight excluding hydrogens is 310 g/mol. The molecule has 1 aromatic rings. The molecule has 0 aliphatic carbocycles. The molecular formula is C16H23N5O3. The number of hydrogen-bond donors (Lipinski definition) is 1. The summed E-state index contributed by atoms with van der Waals surface area (Å²) in [5.41, 5.74) is 0.361. The van der Waals surface area contributed by atoms with E-state index in [2.05, 4.69) is 20.2 Å². The summed E-state index contributed by atoms with van der Waals surface area (Å²) in [7, 11) is 0. The van der Waals surface area contributed by atoms with Crippen LogP contribution in [0.5, 0.6) is 0 Å². The highest BCUT2D eigenvalue weighted by Crippen LogP contribution is 2.10. The zero-order chi connectivity index (χ0) is 16.8. The van der Waals surface area contributed by atoms with Gasteiger partial charge >= 0.3 is 0 Å². The molecule has 3 rings (SSSR count). The summed E-state index contributed by atoms with van der Waals surface area (Å²) in [6.45, 7) is 4.29. The second-order valence-corrected chi connectivity index (χ2v) is 6.10. The smallest absolute Gasteiger partial charge is 0.274 e. The van der Waals surface area contributed by atoms with Gasteiger partial charge in [-0.2, -0.15) is 0 Å². The van der Waals surface area contributed by atoms with E-state index in [0.717, 1.165) is 19.4 Å². The van der Waals surface area contributed by atoms with Crippen molar-refractivity contribution in [3.63, 3.8) is 0 Å². The molecule has 0 aromatic carbocycles. The molecule has 2 amide bonds. The number of piperazine rings is 1. The van der Waals surface area contributed by atoms with Crippen LogP contribution in [0.3, 0.4) is 0 Å². The fraction of sp³-hybridized carbons (Fsp3) is 0.625. The lowest BCUT2D eigenvalue weighted by molar-refractivity contribution is -0.123. The van der Waals surface area contributed by atoms with E-state index in [1.165, 1.54) is 12.4 Å². The highest BCUT2D eigenvalue weighted by molar-refractivity contribution is 5.92. The maximum Gasteiger partial charge on any atom is 0.274 e. The van der Waals surface area contributed by atoms with Gasteiger partial charge in [-0.15, -0.1) is 0 Å². The van der Waals surface area contributed by atoms with Gasteiger partial charge in [0.05, 0.1) is 18.8 Å². The first-order valence-electron chi connectivity index (χ1n) is 8.38. The average molecular weight is 333 g/mol. The number of hydrogen-bond acceptors (Lipinski definition) is 6. The van der Waals surface area contributed by atoms with Crippen LogP contribution < -0.4 is 5.32 Å². The normalized spacial score (nSPS) is 21.7. The molecule has 24 heavy (non-hydrogen) atoms. The second kappa shape index (κ2) is 8.16. The standard InChI is InChI=1S/C16H23N5O3/c22-15(19-10-13-2-1-9-24-13)12-20-5-7-21(8-6-20)16(23)14-11-17-3-4-18-14/h3-4,11,13H,1-2,5-10,12H2,(H,19,22)/t13-/m1/s1. The molecule has 8 nitrogen and oxygen atoms in total. The Bertz CT molecular complexity index is 554. The largest absolute Gasteiger partial charge is 0.376 e. The van der Waals surface area contributed by atoms with E-state index in [4.69, 9.17) is 4.74 Å². The van der Waals surface area contributed by atoms with Crippen LogP contribution in [0.15, 0.2) is 18.6 Å². The van der Waals surface area contributed by atoms with Gasteiger partial charge in [0, 0.05) is 51.7 Å². The molecule has 2 saturated heterocycles. The van der Waals surface area contributed by atoms with E-state index in [1.807, 2.05) is 0 Å². The number of amides is 2. The van der Waals surface area contributed by atoms with Crippen molar-refractivity contribution in [2.75, 3.05) is 45.9 Å². The van der Waals surface area contributed by atoms with Crippen molar-refractivity contribution in [3.05, 3.63) is 24.3 Å². The first-order valence-corrected chi connectivity index (χ1v) is 8.38. The van der Waals surface area contributed by atoms with Crippen LogP contribution in [0, 0.1) is 0 Å². The van der Waals surface area contributed by atoms with Crippen molar-refractivity contribution >= 4 is 11.8 Å². The van der Waals surface area contributed by atoms with E-state index in [9.17, 15) is 9.59 Å². The number of nitrogens with one attached hydrogen (secondary N) is 1. The third kappa shape index (κ3) is 4.48. The predicted molar refractivity (Wildman–Crippen MR) is 86.4 cm³/mol. The van der Waals surface area contributed by atoms with Crippen LogP contribution in [0.4, 0.5) is 0 Å². The van der Waals surface area contributed by atoms with Gasteiger partial charge in [0.25, 0.3) is 5.91 Å². The lowest BCUT2D eigenvalue weighted by Crippen LogP contribution is -2.51. The molecule has 8 heteroatoms. The van der Waals surface area contributed by atoms with Crippen LogP contribution in [0.25, 0.3) is 0 Å². The molecule has 2 aliphatic heterocycles. The molecule has 2 fully saturated rings. The molecule has 2 aliphatic rings. The third-order valence-corrected chi connectivity index (χ3v) is 4.36. The summed E-state index contributed by atoms with van der Waals surface area (Å²) in [6, 6.07) is 0. The minimum Gasteiger partial charge on any atom is -0.376 e. The SMILES string of the molecule is O=C(CN1CCN(C(=O)c2cnccn2)CC1)NC[C@H]1CCCO1. The Hall–Kier alpha value is -2.06. The number of ether oxygens (including phenoxy) is 1. The van der Waals surface area contributed by atoms with Gasteiger partial charge in [0.2, 0.25) is 5.91 Å². The Morgan fingerprint density at radius 3 is 2.75 bits per heavy atom. The molecule has 0 radical (unpaired) electrons. The van der Waals surface area contributed by atoms with Crippen LogP contribution in [-0.2, 0) is 9.53 Å². The Balaban J connectivity index is 1.38. The van der Waals surface area contributed by atoms with E-state index in [-0.39, 0.29) is 17.9 Å². The highest BCUT2D eigenvalue weighted by atomic mass is 16.5. The van der Waals surface area contributed by atoms with Gasteiger partial charge in [-0.05, 0) is 12.8 Å². The van der Waals surface area contributed by atoms with Crippen molar-refractivity contribution in [2.24, 2.45) is 0 Å². The summed E-state index contributed by atoms with van der Waals surface area (Å²) in [5.74, 6) is -0.0928. The Morgan fingerprint density at radius 2 is 2.08 bits per heavy atom. The quantitative estimate of drug-likeness (QED) is 0.784. The lowest BCUT2D eigenvalue weighted by atomic mass is 10.2. The van der Waals surface area contributed by atoms with Gasteiger partial charge in [-0.3, -0.25) is 19.5 Å². The maximum absolute atomic E-state index is 12.3. The number of carbonyl (C=O) groups is 2. The fourth-order valence-electron chi connectivity index (χ4n) is 2.97. The van der Waals surface area contributed by atoms with E-state index in [0.29, 0.717) is 45.0 Å². The third-order valence-electron chi connectivity index (χ3n) is 4.36. The Kier molecular flexibility index (Phi) is 5.71. The molecule has 3 heterocycles. The summed E-state index contributed by atoms with van der Waals surface area (Å²) < 4.78 is 5.49. The summed E-state index contributed by atoms with van der Waals surface area (Å²) >= 11 is 0. The Labute approximate surface area is 141 Å². The predicted octanol–water partition coefficient (Wildman–Crippen LogP) is -0.470. The molecule has 0 bridgehead atoms. The van der Waals surface area contributed by atoms with Crippen molar-refractivity contribution in [1.29, 1.82) is 0 Å². The monoisotopic (exact) mass is 333 g/mol. The first kappa shape index (κ1) is 16.8. The van der Waals surface area contributed by atoms with Gasteiger partial charge < -0.3 is 15.0 Å². The molecule has 1 aromatic heterocycles. The minimum absolute atomic E-state index is 0.0132. The fourth-order valence-corrected chi connectivity index (χ4v) is 2.97. The van der Waals surface area contributed by atoms with Crippen LogP contribution in [0.1, 0.15) is 23.3 Å². The first-order chi connectivity index (χ1) is 11.7.